The summed E-state index contributed by atoms with van der Waals surface area (Å²) in [5, 5.41) is 2.55. The monoisotopic (exact) mass is 516 g/mol. The molecule has 0 aromatic heterocycles. The van der Waals surface area contributed by atoms with Gasteiger partial charge in [0.25, 0.3) is 11.8 Å². The summed E-state index contributed by atoms with van der Waals surface area (Å²) >= 11 is 6.14. The second-order valence-electron chi connectivity index (χ2n) is 9.32. The van der Waals surface area contributed by atoms with Crippen molar-refractivity contribution < 1.29 is 23.5 Å². The van der Waals surface area contributed by atoms with Crippen LogP contribution in [0.15, 0.2) is 23.1 Å². The van der Waals surface area contributed by atoms with Crippen LogP contribution >= 0.6 is 24.0 Å². The van der Waals surface area contributed by atoms with Crippen molar-refractivity contribution >= 4 is 63.0 Å². The molecule has 0 atom stereocenters. The first-order chi connectivity index (χ1) is 16.6. The number of rotatable bonds is 3. The maximum atomic E-state index is 14.9. The number of benzene rings is 1. The zero-order chi connectivity index (χ0) is 25.1. The first-order valence-corrected chi connectivity index (χ1v) is 12.6. The van der Waals surface area contributed by atoms with E-state index < -0.39 is 17.3 Å². The number of nitrogens with zero attached hydrogens (tertiary/aromatic N) is 3. The molecule has 184 valence electrons. The molecule has 4 aliphatic heterocycles. The van der Waals surface area contributed by atoms with Crippen LogP contribution in [0.1, 0.15) is 31.9 Å². The predicted molar refractivity (Wildman–Crippen MR) is 136 cm³/mol. The van der Waals surface area contributed by atoms with Gasteiger partial charge in [0.1, 0.15) is 10.1 Å². The highest BCUT2D eigenvalue weighted by atomic mass is 32.2. The number of halogens is 1. The highest BCUT2D eigenvalue weighted by molar-refractivity contribution is 8.27. The van der Waals surface area contributed by atoms with Crippen molar-refractivity contribution in [3.05, 3.63) is 40.1 Å². The Hall–Kier alpha value is -2.76. The van der Waals surface area contributed by atoms with Gasteiger partial charge in [-0.15, -0.1) is 0 Å². The number of thiocarbonyl (C=S) groups is 1. The number of carbonyl (C=O) groups excluding carboxylic acids is 3. The van der Waals surface area contributed by atoms with Crippen molar-refractivity contribution in [1.29, 1.82) is 0 Å². The Labute approximate surface area is 212 Å². The Morgan fingerprint density at radius 1 is 1.20 bits per heavy atom. The van der Waals surface area contributed by atoms with E-state index in [1.807, 2.05) is 19.9 Å². The van der Waals surface area contributed by atoms with E-state index in [9.17, 15) is 18.8 Å². The lowest BCUT2D eigenvalue weighted by Gasteiger charge is -2.41. The average Bonchev–Trinajstić information content (AvgIpc) is 3.27. The van der Waals surface area contributed by atoms with Crippen LogP contribution in [0.5, 0.6) is 0 Å². The Morgan fingerprint density at radius 3 is 2.51 bits per heavy atom. The van der Waals surface area contributed by atoms with Crippen LogP contribution in [0.4, 0.5) is 14.9 Å². The van der Waals surface area contributed by atoms with Crippen LogP contribution in [-0.2, 0) is 14.3 Å². The molecule has 3 amide bonds. The first kappa shape index (κ1) is 24.0. The number of amides is 3. The minimum Gasteiger partial charge on any atom is -0.450 e. The van der Waals surface area contributed by atoms with Crippen molar-refractivity contribution in [2.75, 3.05) is 44.2 Å². The SMILES string of the molecule is CCOC(=O)N1CCN(CC2=CC(C)(C)N3C(=O)C(=C4SC(=S)NC4=O)c4cc(F)cc2c43)CC1. The minimum atomic E-state index is -0.693. The summed E-state index contributed by atoms with van der Waals surface area (Å²) in [6, 6.07) is 2.78. The van der Waals surface area contributed by atoms with Gasteiger partial charge < -0.3 is 15.0 Å². The molecule has 0 spiro atoms. The molecule has 5 rings (SSSR count). The molecule has 1 aromatic carbocycles. The highest BCUT2D eigenvalue weighted by Gasteiger charge is 2.48. The van der Waals surface area contributed by atoms with E-state index in [0.717, 1.165) is 17.3 Å². The average molecular weight is 517 g/mol. The van der Waals surface area contributed by atoms with Crippen LogP contribution in [-0.4, -0.2) is 76.9 Å². The van der Waals surface area contributed by atoms with Crippen LogP contribution < -0.4 is 10.2 Å². The molecular weight excluding hydrogens is 491 g/mol. The molecular formula is C24H25FN4O4S2. The topological polar surface area (TPSA) is 82.2 Å². The Morgan fingerprint density at radius 2 is 1.89 bits per heavy atom. The normalized spacial score (nSPS) is 23.4. The maximum absolute atomic E-state index is 14.9. The number of piperazine rings is 1. The van der Waals surface area contributed by atoms with Crippen LogP contribution in [0.3, 0.4) is 0 Å². The molecule has 2 fully saturated rings. The number of hydrogen-bond acceptors (Lipinski definition) is 7. The molecule has 35 heavy (non-hydrogen) atoms. The Balaban J connectivity index is 1.50. The second kappa shape index (κ2) is 8.72. The van der Waals surface area contributed by atoms with Gasteiger partial charge in [-0.3, -0.25) is 19.4 Å². The standard InChI is InChI=1S/C24H25FN4O4S2/c1-4-33-23(32)28-7-5-27(6-8-28)12-13-11-24(2,3)29-18-15(13)9-14(25)10-16(18)17(21(29)31)19-20(30)26-22(34)35-19/h9-11H,4-8,12H2,1-3H3,(H,26,30,34). The lowest BCUT2D eigenvalue weighted by Crippen LogP contribution is -2.50. The molecule has 4 heterocycles. The molecule has 11 heteroatoms. The molecule has 1 N–H and O–H groups in total. The van der Waals surface area contributed by atoms with Crippen molar-refractivity contribution in [3.63, 3.8) is 0 Å². The third-order valence-corrected chi connectivity index (χ3v) is 7.80. The van der Waals surface area contributed by atoms with E-state index >= 15 is 0 Å². The molecule has 8 nitrogen and oxygen atoms in total. The van der Waals surface area contributed by atoms with Gasteiger partial charge in [-0.2, -0.15) is 0 Å². The summed E-state index contributed by atoms with van der Waals surface area (Å²) < 4.78 is 20.3. The summed E-state index contributed by atoms with van der Waals surface area (Å²) in [4.78, 5) is 43.9. The third kappa shape index (κ3) is 4.05. The van der Waals surface area contributed by atoms with Crippen LogP contribution in [0.2, 0.25) is 0 Å². The number of thioether (sulfide) groups is 1. The molecule has 1 aromatic rings. The van der Waals surface area contributed by atoms with E-state index in [1.165, 1.54) is 12.1 Å². The number of anilines is 1. The van der Waals surface area contributed by atoms with Gasteiger partial charge in [0.15, 0.2) is 0 Å². The summed E-state index contributed by atoms with van der Waals surface area (Å²) in [6.07, 6.45) is 1.69. The highest BCUT2D eigenvalue weighted by Crippen LogP contribution is 2.51. The van der Waals surface area contributed by atoms with Crippen molar-refractivity contribution in [3.8, 4) is 0 Å². The van der Waals surface area contributed by atoms with Crippen molar-refractivity contribution in [1.82, 2.24) is 15.1 Å². The van der Waals surface area contributed by atoms with E-state index in [-0.39, 0.29) is 26.8 Å². The fourth-order valence-electron chi connectivity index (χ4n) is 5.10. The molecule has 4 aliphatic rings. The second-order valence-corrected chi connectivity index (χ2v) is 11.0. The lowest BCUT2D eigenvalue weighted by molar-refractivity contribution is -0.116. The summed E-state index contributed by atoms with van der Waals surface area (Å²) in [5.41, 5.74) is 2.08. The quantitative estimate of drug-likeness (QED) is 0.489. The third-order valence-electron chi connectivity index (χ3n) is 6.57. The first-order valence-electron chi connectivity index (χ1n) is 11.4. The molecule has 0 bridgehead atoms. The zero-order valence-corrected chi connectivity index (χ0v) is 21.3. The fourth-order valence-corrected chi connectivity index (χ4v) is 6.21. The molecule has 2 saturated heterocycles. The maximum Gasteiger partial charge on any atom is 0.409 e. The van der Waals surface area contributed by atoms with E-state index in [1.54, 1.807) is 16.7 Å². The summed E-state index contributed by atoms with van der Waals surface area (Å²) in [7, 11) is 0. The number of carbonyl (C=O) groups is 3. The van der Waals surface area contributed by atoms with Gasteiger partial charge in [0.05, 0.1) is 28.3 Å². The minimum absolute atomic E-state index is 0.189. The van der Waals surface area contributed by atoms with Crippen LogP contribution in [0, 0.1) is 5.82 Å². The summed E-state index contributed by atoms with van der Waals surface area (Å²) in [6.45, 7) is 8.92. The van der Waals surface area contributed by atoms with Gasteiger partial charge in [0.2, 0.25) is 0 Å². The fraction of sp³-hybridized carbons (Fsp3) is 0.417. The van der Waals surface area contributed by atoms with Crippen molar-refractivity contribution in [2.24, 2.45) is 0 Å². The predicted octanol–water partition coefficient (Wildman–Crippen LogP) is 2.98. The van der Waals surface area contributed by atoms with E-state index in [4.69, 9.17) is 17.0 Å². The Bertz CT molecular complexity index is 1230. The Kier molecular flexibility index (Phi) is 5.97. The number of nitrogens with one attached hydrogen (secondary N) is 1. The van der Waals surface area contributed by atoms with Gasteiger partial charge >= 0.3 is 6.09 Å². The smallest absolute Gasteiger partial charge is 0.409 e. The largest absolute Gasteiger partial charge is 0.450 e. The van der Waals surface area contributed by atoms with Gasteiger partial charge in [-0.1, -0.05) is 30.1 Å². The van der Waals surface area contributed by atoms with E-state index in [0.29, 0.717) is 56.1 Å². The molecule has 0 saturated carbocycles. The molecule has 0 radical (unpaired) electrons. The summed E-state index contributed by atoms with van der Waals surface area (Å²) in [5.74, 6) is -1.25. The van der Waals surface area contributed by atoms with Crippen LogP contribution in [0.25, 0.3) is 11.1 Å². The molecule has 0 aliphatic carbocycles. The van der Waals surface area contributed by atoms with Gasteiger partial charge in [0, 0.05) is 43.9 Å². The van der Waals surface area contributed by atoms with E-state index in [2.05, 4.69) is 10.2 Å². The molecule has 0 unspecified atom stereocenters. The number of hydrogen-bond donors (Lipinski definition) is 1. The van der Waals surface area contributed by atoms with Gasteiger partial charge in [-0.25, -0.2) is 9.18 Å². The number of ether oxygens (including phenoxy) is 1. The van der Waals surface area contributed by atoms with Gasteiger partial charge in [-0.05, 0) is 38.5 Å². The van der Waals surface area contributed by atoms with Crippen molar-refractivity contribution in [2.45, 2.75) is 26.3 Å². The zero-order valence-electron chi connectivity index (χ0n) is 19.6. The lowest BCUT2D eigenvalue weighted by atomic mass is 9.87.